The second-order valence-corrected chi connectivity index (χ2v) is 8.79. The largest absolute Gasteiger partial charge is 0.457 e. The molecule has 1 saturated heterocycles. The molecule has 1 amide bonds. The lowest BCUT2D eigenvalue weighted by Crippen LogP contribution is -2.23. The van der Waals surface area contributed by atoms with E-state index in [4.69, 9.17) is 27.6 Å². The van der Waals surface area contributed by atoms with E-state index in [1.54, 1.807) is 31.3 Å². The van der Waals surface area contributed by atoms with E-state index in [9.17, 15) is 4.79 Å². The molecule has 0 spiro atoms. The monoisotopic (exact) mass is 450 g/mol. The second-order valence-electron chi connectivity index (χ2n) is 5.80. The first kappa shape index (κ1) is 19.2. The predicted octanol–water partition coefficient (Wildman–Crippen LogP) is 5.65. The molecule has 1 aliphatic heterocycles. The van der Waals surface area contributed by atoms with Gasteiger partial charge in [0.1, 0.15) is 16.5 Å². The topological polar surface area (TPSA) is 71.6 Å². The van der Waals surface area contributed by atoms with Crippen LogP contribution in [0.15, 0.2) is 44.6 Å². The molecular weight excluding hydrogens is 439 g/mol. The molecule has 4 rings (SSSR count). The van der Waals surface area contributed by atoms with Gasteiger partial charge in [-0.25, -0.2) is 0 Å². The number of carbonyl (C=O) groups excluding carboxylic acids is 1. The maximum Gasteiger partial charge on any atom is 0.266 e. The van der Waals surface area contributed by atoms with E-state index in [0.29, 0.717) is 36.8 Å². The molecule has 10 heteroatoms. The highest BCUT2D eigenvalue weighted by molar-refractivity contribution is 8.18. The Hall–Kier alpha value is -2.13. The third-order valence-corrected chi connectivity index (χ3v) is 6.35. The van der Waals surface area contributed by atoms with Crippen molar-refractivity contribution in [1.29, 1.82) is 0 Å². The molecule has 0 radical (unpaired) electrons. The number of aryl methyl sites for hydroxylation is 1. The molecule has 3 heterocycles. The number of rotatable bonds is 3. The Morgan fingerprint density at radius 1 is 1.18 bits per heavy atom. The lowest BCUT2D eigenvalue weighted by atomic mass is 10.2. The van der Waals surface area contributed by atoms with Gasteiger partial charge < -0.3 is 4.42 Å². The highest BCUT2D eigenvalue weighted by Crippen LogP contribution is 2.35. The van der Waals surface area contributed by atoms with E-state index in [2.05, 4.69) is 15.2 Å². The summed E-state index contributed by atoms with van der Waals surface area (Å²) in [6.45, 7) is 1.85. The minimum absolute atomic E-state index is 0.155. The van der Waals surface area contributed by atoms with Crippen LogP contribution in [0, 0.1) is 6.92 Å². The fraction of sp³-hybridized carbons (Fsp3) is 0.111. The van der Waals surface area contributed by atoms with Gasteiger partial charge in [0.2, 0.25) is 5.13 Å². The zero-order valence-corrected chi connectivity index (χ0v) is 17.8. The Labute approximate surface area is 178 Å². The first-order valence-electron chi connectivity index (χ1n) is 8.02. The van der Waals surface area contributed by atoms with Gasteiger partial charge in [0.25, 0.3) is 5.91 Å². The smallest absolute Gasteiger partial charge is 0.266 e. The van der Waals surface area contributed by atoms with Crippen LogP contribution in [0.2, 0.25) is 10.0 Å². The van der Waals surface area contributed by atoms with E-state index in [1.165, 1.54) is 28.0 Å². The fourth-order valence-electron chi connectivity index (χ4n) is 2.43. The number of furan rings is 1. The normalized spacial score (nSPS) is 17.3. The van der Waals surface area contributed by atoms with Gasteiger partial charge in [-0.15, -0.1) is 10.2 Å². The number of aliphatic imine (C=N–C) groups is 1. The zero-order valence-electron chi connectivity index (χ0n) is 14.6. The van der Waals surface area contributed by atoms with Gasteiger partial charge in [0, 0.05) is 18.7 Å². The molecule has 0 aliphatic carbocycles. The quantitative estimate of drug-likeness (QED) is 0.482. The van der Waals surface area contributed by atoms with Gasteiger partial charge >= 0.3 is 0 Å². The molecule has 1 fully saturated rings. The number of thioether (sulfide) groups is 1. The van der Waals surface area contributed by atoms with Crippen LogP contribution >= 0.6 is 46.3 Å². The molecule has 1 aliphatic rings. The minimum atomic E-state index is -0.155. The van der Waals surface area contributed by atoms with Crippen LogP contribution in [-0.2, 0) is 4.79 Å². The van der Waals surface area contributed by atoms with Crippen LogP contribution in [0.1, 0.15) is 10.8 Å². The Morgan fingerprint density at radius 2 is 2.00 bits per heavy atom. The molecule has 3 aromatic rings. The van der Waals surface area contributed by atoms with E-state index in [1.807, 2.05) is 19.1 Å². The lowest BCUT2D eigenvalue weighted by molar-refractivity contribution is -0.121. The van der Waals surface area contributed by atoms with Crippen LogP contribution in [0.4, 0.5) is 5.13 Å². The van der Waals surface area contributed by atoms with Crippen LogP contribution < -0.4 is 0 Å². The number of aromatic nitrogens is 2. The number of amidine groups is 1. The number of nitrogens with zero attached hydrogens (tertiary/aromatic N) is 4. The number of carbonyl (C=O) groups is 1. The molecule has 142 valence electrons. The summed E-state index contributed by atoms with van der Waals surface area (Å²) < 4.78 is 5.84. The maximum atomic E-state index is 12.5. The van der Waals surface area contributed by atoms with E-state index in [0.717, 1.165) is 10.6 Å². The van der Waals surface area contributed by atoms with Crippen molar-refractivity contribution in [2.75, 3.05) is 7.05 Å². The summed E-state index contributed by atoms with van der Waals surface area (Å²) in [5, 5.41) is 10.7. The molecule has 0 unspecified atom stereocenters. The number of halogens is 2. The van der Waals surface area contributed by atoms with Crippen LogP contribution in [-0.4, -0.2) is 33.2 Å². The average molecular weight is 451 g/mol. The molecule has 6 nitrogen and oxygen atoms in total. The highest BCUT2D eigenvalue weighted by atomic mass is 35.5. The number of hydrogen-bond donors (Lipinski definition) is 0. The van der Waals surface area contributed by atoms with Crippen molar-refractivity contribution < 1.29 is 9.21 Å². The molecule has 2 aromatic heterocycles. The van der Waals surface area contributed by atoms with Crippen molar-refractivity contribution in [3.8, 4) is 11.3 Å². The SMILES string of the molecule is Cc1nnc(/N=C2/S/C(=C/c3ccc(-c4ccc(Cl)c(Cl)c4)o3)C(=O)N2C)s1. The van der Waals surface area contributed by atoms with E-state index >= 15 is 0 Å². The highest BCUT2D eigenvalue weighted by Gasteiger charge is 2.31. The van der Waals surface area contributed by atoms with E-state index in [-0.39, 0.29) is 5.91 Å². The van der Waals surface area contributed by atoms with Crippen LogP contribution in [0.5, 0.6) is 0 Å². The molecule has 28 heavy (non-hydrogen) atoms. The Balaban J connectivity index is 1.59. The predicted molar refractivity (Wildman–Crippen MR) is 114 cm³/mol. The van der Waals surface area contributed by atoms with Gasteiger partial charge in [-0.2, -0.15) is 4.99 Å². The van der Waals surface area contributed by atoms with Gasteiger partial charge in [-0.3, -0.25) is 9.69 Å². The van der Waals surface area contributed by atoms with Gasteiger partial charge in [0.05, 0.1) is 15.0 Å². The van der Waals surface area contributed by atoms with Gasteiger partial charge in [0.15, 0.2) is 5.17 Å². The van der Waals surface area contributed by atoms with Crippen LogP contribution in [0.25, 0.3) is 17.4 Å². The summed E-state index contributed by atoms with van der Waals surface area (Å²) >= 11 is 14.6. The van der Waals surface area contributed by atoms with Crippen molar-refractivity contribution in [1.82, 2.24) is 15.1 Å². The molecule has 0 N–H and O–H groups in total. The molecule has 0 atom stereocenters. The standard InChI is InChI=1S/C18H12Cl2N4O2S2/c1-9-22-23-17(27-9)21-18-24(2)16(25)15(28-18)8-11-4-6-14(26-11)10-3-5-12(19)13(20)7-10/h3-8H,1-2H3/b15-8+,21-18+. The Morgan fingerprint density at radius 3 is 2.71 bits per heavy atom. The van der Waals surface area contributed by atoms with Crippen molar-refractivity contribution in [3.63, 3.8) is 0 Å². The van der Waals surface area contributed by atoms with Crippen molar-refractivity contribution >= 4 is 68.6 Å². The summed E-state index contributed by atoms with van der Waals surface area (Å²) in [5.41, 5.74) is 0.801. The molecule has 1 aromatic carbocycles. The number of benzene rings is 1. The third kappa shape index (κ3) is 3.86. The summed E-state index contributed by atoms with van der Waals surface area (Å²) in [4.78, 5) is 18.9. The number of likely N-dealkylation sites (N-methyl/N-ethyl adjacent to an activating group) is 1. The average Bonchev–Trinajstić information content (AvgIpc) is 3.36. The van der Waals surface area contributed by atoms with Gasteiger partial charge in [-0.05, 0) is 49.0 Å². The summed E-state index contributed by atoms with van der Waals surface area (Å²) in [6, 6.07) is 8.88. The van der Waals surface area contributed by atoms with Gasteiger partial charge in [-0.1, -0.05) is 34.5 Å². The minimum Gasteiger partial charge on any atom is -0.457 e. The summed E-state index contributed by atoms with van der Waals surface area (Å²) in [7, 11) is 1.67. The fourth-order valence-corrected chi connectivity index (χ4v) is 4.29. The maximum absolute atomic E-state index is 12.5. The van der Waals surface area contributed by atoms with Crippen molar-refractivity contribution in [2.24, 2.45) is 4.99 Å². The number of amides is 1. The molecule has 0 bridgehead atoms. The first-order chi connectivity index (χ1) is 13.4. The third-order valence-electron chi connectivity index (χ3n) is 3.81. The second kappa shape index (κ2) is 7.71. The van der Waals surface area contributed by atoms with Crippen molar-refractivity contribution in [3.05, 3.63) is 56.1 Å². The molecule has 0 saturated carbocycles. The summed E-state index contributed by atoms with van der Waals surface area (Å²) in [6.07, 6.45) is 1.69. The first-order valence-corrected chi connectivity index (χ1v) is 10.4. The Bertz CT molecular complexity index is 1140. The zero-order chi connectivity index (χ0) is 19.8. The Kier molecular flexibility index (Phi) is 5.29. The van der Waals surface area contributed by atoms with Crippen LogP contribution in [0.3, 0.4) is 0 Å². The molecular formula is C18H12Cl2N4O2S2. The summed E-state index contributed by atoms with van der Waals surface area (Å²) in [5.74, 6) is 1.03. The number of hydrogen-bond acceptors (Lipinski definition) is 7. The van der Waals surface area contributed by atoms with Crippen molar-refractivity contribution in [2.45, 2.75) is 6.92 Å². The van der Waals surface area contributed by atoms with E-state index < -0.39 is 0 Å². The lowest BCUT2D eigenvalue weighted by Gasteiger charge is -2.05.